The van der Waals surface area contributed by atoms with Gasteiger partial charge in [-0.2, -0.15) is 13.2 Å². The number of alkyl halides is 3. The zero-order valence-electron chi connectivity index (χ0n) is 11.0. The maximum Gasteiger partial charge on any atom is 0.419 e. The third-order valence-electron chi connectivity index (χ3n) is 2.70. The monoisotopic (exact) mass is 296 g/mol. The van der Waals surface area contributed by atoms with Gasteiger partial charge in [0, 0.05) is 0 Å². The first-order valence-corrected chi connectivity index (χ1v) is 5.94. The second-order valence-electron chi connectivity index (χ2n) is 4.11. The summed E-state index contributed by atoms with van der Waals surface area (Å²) in [6, 6.07) is 10.5. The fourth-order valence-electron chi connectivity index (χ4n) is 1.69. The average Bonchev–Trinajstić information content (AvgIpc) is 2.47. The molecule has 0 heterocycles. The number of carbonyl (C=O) groups is 1. The molecule has 21 heavy (non-hydrogen) atoms. The lowest BCUT2D eigenvalue weighted by Crippen LogP contribution is -2.06. The summed E-state index contributed by atoms with van der Waals surface area (Å²) in [5, 5.41) is 0. The quantitative estimate of drug-likeness (QED) is 0.793. The van der Waals surface area contributed by atoms with Gasteiger partial charge in [0.25, 0.3) is 0 Å². The fourth-order valence-corrected chi connectivity index (χ4v) is 1.69. The normalized spacial score (nSPS) is 11.0. The Bertz CT molecular complexity index is 633. The van der Waals surface area contributed by atoms with E-state index in [1.807, 2.05) is 0 Å². The smallest absolute Gasteiger partial charge is 0.419 e. The van der Waals surface area contributed by atoms with Crippen LogP contribution in [-0.2, 0) is 10.9 Å². The van der Waals surface area contributed by atoms with Crippen molar-refractivity contribution >= 4 is 5.97 Å². The van der Waals surface area contributed by atoms with Gasteiger partial charge < -0.3 is 9.47 Å². The number of para-hydroxylation sites is 1. The van der Waals surface area contributed by atoms with Crippen LogP contribution in [-0.4, -0.2) is 13.1 Å². The Balaban J connectivity index is 2.25. The van der Waals surface area contributed by atoms with E-state index in [1.54, 1.807) is 0 Å². The van der Waals surface area contributed by atoms with E-state index in [2.05, 4.69) is 4.74 Å². The minimum Gasteiger partial charge on any atom is -0.465 e. The second kappa shape index (κ2) is 5.87. The van der Waals surface area contributed by atoms with E-state index >= 15 is 0 Å². The van der Waals surface area contributed by atoms with E-state index in [9.17, 15) is 18.0 Å². The third-order valence-corrected chi connectivity index (χ3v) is 2.70. The lowest BCUT2D eigenvalue weighted by atomic mass is 10.2. The highest BCUT2D eigenvalue weighted by Gasteiger charge is 2.34. The summed E-state index contributed by atoms with van der Waals surface area (Å²) >= 11 is 0. The molecule has 0 unspecified atom stereocenters. The maximum absolute atomic E-state index is 12.8. The highest BCUT2D eigenvalue weighted by Crippen LogP contribution is 2.37. The summed E-state index contributed by atoms with van der Waals surface area (Å²) in [6.07, 6.45) is -4.50. The van der Waals surface area contributed by atoms with Crippen molar-refractivity contribution < 1.29 is 27.4 Å². The SMILES string of the molecule is COC(=O)c1ccc(Oc2ccccc2C(F)(F)F)cc1. The van der Waals surface area contributed by atoms with E-state index in [4.69, 9.17) is 4.74 Å². The summed E-state index contributed by atoms with van der Waals surface area (Å²) in [5.41, 5.74) is -0.573. The molecule has 0 aliphatic heterocycles. The average molecular weight is 296 g/mol. The van der Waals surface area contributed by atoms with Crippen molar-refractivity contribution in [3.05, 3.63) is 59.7 Å². The molecule has 110 valence electrons. The Morgan fingerprint density at radius 1 is 1.00 bits per heavy atom. The number of hydrogen-bond donors (Lipinski definition) is 0. The molecule has 2 aromatic carbocycles. The minimum absolute atomic E-state index is 0.194. The fraction of sp³-hybridized carbons (Fsp3) is 0.133. The van der Waals surface area contributed by atoms with Crippen LogP contribution in [0.5, 0.6) is 11.5 Å². The summed E-state index contributed by atoms with van der Waals surface area (Å²) in [6.45, 7) is 0. The molecular weight excluding hydrogens is 285 g/mol. The molecule has 0 N–H and O–H groups in total. The summed E-state index contributed by atoms with van der Waals surface area (Å²) in [7, 11) is 1.24. The number of benzene rings is 2. The maximum atomic E-state index is 12.8. The van der Waals surface area contributed by atoms with Crippen molar-refractivity contribution in [1.29, 1.82) is 0 Å². The predicted octanol–water partition coefficient (Wildman–Crippen LogP) is 4.28. The first-order chi connectivity index (χ1) is 9.91. The van der Waals surface area contributed by atoms with Gasteiger partial charge in [-0.3, -0.25) is 0 Å². The molecule has 0 bridgehead atoms. The van der Waals surface area contributed by atoms with Crippen LogP contribution in [0.1, 0.15) is 15.9 Å². The largest absolute Gasteiger partial charge is 0.465 e. The standard InChI is InChI=1S/C15H11F3O3/c1-20-14(19)10-6-8-11(9-7-10)21-13-5-3-2-4-12(13)15(16,17)18/h2-9H,1H3. The van der Waals surface area contributed by atoms with Gasteiger partial charge in [-0.1, -0.05) is 12.1 Å². The zero-order chi connectivity index (χ0) is 15.5. The van der Waals surface area contributed by atoms with Crippen molar-refractivity contribution in [3.8, 4) is 11.5 Å². The van der Waals surface area contributed by atoms with Crippen molar-refractivity contribution in [2.45, 2.75) is 6.18 Å². The summed E-state index contributed by atoms with van der Waals surface area (Å²) < 4.78 is 48.2. The molecule has 0 aromatic heterocycles. The van der Waals surface area contributed by atoms with Gasteiger partial charge in [0.05, 0.1) is 18.2 Å². The van der Waals surface area contributed by atoms with E-state index in [-0.39, 0.29) is 17.1 Å². The summed E-state index contributed by atoms with van der Waals surface area (Å²) in [5.74, 6) is -0.632. The van der Waals surface area contributed by atoms with E-state index in [0.29, 0.717) is 0 Å². The van der Waals surface area contributed by atoms with Gasteiger partial charge in [0.15, 0.2) is 0 Å². The first-order valence-electron chi connectivity index (χ1n) is 5.94. The van der Waals surface area contributed by atoms with E-state index < -0.39 is 17.7 Å². The van der Waals surface area contributed by atoms with E-state index in [1.165, 1.54) is 49.6 Å². The highest BCUT2D eigenvalue weighted by molar-refractivity contribution is 5.89. The number of carbonyl (C=O) groups excluding carboxylic acids is 1. The van der Waals surface area contributed by atoms with Crippen LogP contribution in [0.2, 0.25) is 0 Å². The van der Waals surface area contributed by atoms with Crippen molar-refractivity contribution in [2.75, 3.05) is 7.11 Å². The van der Waals surface area contributed by atoms with Gasteiger partial charge in [-0.05, 0) is 36.4 Å². The molecule has 0 saturated carbocycles. The molecule has 0 aliphatic carbocycles. The summed E-state index contributed by atoms with van der Waals surface area (Å²) in [4.78, 5) is 11.3. The van der Waals surface area contributed by atoms with Crippen LogP contribution in [0.15, 0.2) is 48.5 Å². The number of hydrogen-bond acceptors (Lipinski definition) is 3. The molecule has 0 atom stereocenters. The number of methoxy groups -OCH3 is 1. The predicted molar refractivity (Wildman–Crippen MR) is 69.3 cm³/mol. The number of ether oxygens (including phenoxy) is 2. The Morgan fingerprint density at radius 3 is 2.19 bits per heavy atom. The zero-order valence-corrected chi connectivity index (χ0v) is 11.0. The Morgan fingerprint density at radius 2 is 1.62 bits per heavy atom. The lowest BCUT2D eigenvalue weighted by Gasteiger charge is -2.13. The lowest BCUT2D eigenvalue weighted by molar-refractivity contribution is -0.138. The number of esters is 1. The molecule has 2 aromatic rings. The molecule has 0 amide bonds. The van der Waals surface area contributed by atoms with Crippen molar-refractivity contribution in [3.63, 3.8) is 0 Å². The van der Waals surface area contributed by atoms with Crippen LogP contribution >= 0.6 is 0 Å². The van der Waals surface area contributed by atoms with Crippen molar-refractivity contribution in [2.24, 2.45) is 0 Å². The van der Waals surface area contributed by atoms with Crippen LogP contribution in [0, 0.1) is 0 Å². The molecule has 0 aliphatic rings. The van der Waals surface area contributed by atoms with E-state index in [0.717, 1.165) is 6.07 Å². The Labute approximate surface area is 118 Å². The topological polar surface area (TPSA) is 35.5 Å². The highest BCUT2D eigenvalue weighted by atomic mass is 19.4. The van der Waals surface area contributed by atoms with Crippen LogP contribution in [0.4, 0.5) is 13.2 Å². The Hall–Kier alpha value is -2.50. The number of halogens is 3. The minimum atomic E-state index is -4.50. The van der Waals surface area contributed by atoms with Crippen molar-refractivity contribution in [1.82, 2.24) is 0 Å². The van der Waals surface area contributed by atoms with Gasteiger partial charge in [-0.25, -0.2) is 4.79 Å². The second-order valence-corrected chi connectivity index (χ2v) is 4.11. The van der Waals surface area contributed by atoms with Gasteiger partial charge in [0.1, 0.15) is 11.5 Å². The number of rotatable bonds is 3. The third kappa shape index (κ3) is 3.53. The van der Waals surface area contributed by atoms with Crippen LogP contribution in [0.25, 0.3) is 0 Å². The van der Waals surface area contributed by atoms with Crippen LogP contribution < -0.4 is 4.74 Å². The first kappa shape index (κ1) is 14.9. The molecule has 0 fully saturated rings. The van der Waals surface area contributed by atoms with Gasteiger partial charge >= 0.3 is 12.1 Å². The molecule has 3 nitrogen and oxygen atoms in total. The van der Waals surface area contributed by atoms with Gasteiger partial charge in [0.2, 0.25) is 0 Å². The van der Waals surface area contributed by atoms with Crippen LogP contribution in [0.3, 0.4) is 0 Å². The van der Waals surface area contributed by atoms with Gasteiger partial charge in [-0.15, -0.1) is 0 Å². The molecule has 0 radical (unpaired) electrons. The molecule has 0 spiro atoms. The molecular formula is C15H11F3O3. The molecule has 2 rings (SSSR count). The Kier molecular flexibility index (Phi) is 4.16. The molecule has 0 saturated heterocycles. The molecule has 6 heteroatoms.